The molecular weight excluding hydrogens is 220 g/mol. The van der Waals surface area contributed by atoms with Gasteiger partial charge in [-0.3, -0.25) is 0 Å². The van der Waals surface area contributed by atoms with Gasteiger partial charge >= 0.3 is 6.09 Å². The van der Waals surface area contributed by atoms with Crippen LogP contribution >= 0.6 is 0 Å². The standard InChI is InChI=1S/C12H14N2O3/c1-2-17-12(16)14-11(10(15)8-13)9-6-4-3-5-7-9/h3-7,10-11,15H,2H2,1H3,(H,14,16)/t10?,11-/m0/s1. The van der Waals surface area contributed by atoms with Crippen molar-refractivity contribution in [3.05, 3.63) is 35.9 Å². The Hall–Kier alpha value is -2.06. The van der Waals surface area contributed by atoms with Gasteiger partial charge in [0.2, 0.25) is 0 Å². The summed E-state index contributed by atoms with van der Waals surface area (Å²) in [6.07, 6.45) is -1.97. The van der Waals surface area contributed by atoms with Gasteiger partial charge in [-0.05, 0) is 12.5 Å². The molecular formula is C12H14N2O3. The molecule has 0 aliphatic carbocycles. The van der Waals surface area contributed by atoms with Crippen LogP contribution in [0.4, 0.5) is 4.79 Å². The molecule has 5 heteroatoms. The minimum atomic E-state index is -1.32. The number of nitrogens with zero attached hydrogens (tertiary/aromatic N) is 1. The number of aliphatic hydroxyl groups excluding tert-OH is 1. The van der Waals surface area contributed by atoms with E-state index in [1.54, 1.807) is 37.3 Å². The Kier molecular flexibility index (Phi) is 4.98. The van der Waals surface area contributed by atoms with Crippen LogP contribution in [0.1, 0.15) is 18.5 Å². The molecule has 1 rings (SSSR count). The van der Waals surface area contributed by atoms with Crippen molar-refractivity contribution in [1.82, 2.24) is 5.32 Å². The molecule has 2 N–H and O–H groups in total. The van der Waals surface area contributed by atoms with Crippen LogP contribution in [0, 0.1) is 11.3 Å². The average Bonchev–Trinajstić information content (AvgIpc) is 2.36. The molecule has 0 aromatic heterocycles. The Balaban J connectivity index is 2.83. The third-order valence-corrected chi connectivity index (χ3v) is 2.16. The van der Waals surface area contributed by atoms with E-state index in [0.717, 1.165) is 0 Å². The molecule has 0 bridgehead atoms. The number of hydrogen-bond acceptors (Lipinski definition) is 4. The average molecular weight is 234 g/mol. The number of benzene rings is 1. The van der Waals surface area contributed by atoms with Crippen LogP contribution in [0.2, 0.25) is 0 Å². The molecule has 0 aliphatic rings. The Morgan fingerprint density at radius 3 is 2.71 bits per heavy atom. The fraction of sp³-hybridized carbons (Fsp3) is 0.333. The highest BCUT2D eigenvalue weighted by atomic mass is 16.5. The molecule has 0 spiro atoms. The van der Waals surface area contributed by atoms with Crippen LogP contribution in [-0.2, 0) is 4.74 Å². The minimum Gasteiger partial charge on any atom is -0.450 e. The molecule has 90 valence electrons. The second-order valence-electron chi connectivity index (χ2n) is 3.33. The van der Waals surface area contributed by atoms with Gasteiger partial charge in [0.05, 0.1) is 18.7 Å². The smallest absolute Gasteiger partial charge is 0.407 e. The maximum Gasteiger partial charge on any atom is 0.407 e. The van der Waals surface area contributed by atoms with Crippen molar-refractivity contribution in [2.45, 2.75) is 19.1 Å². The second kappa shape index (κ2) is 6.51. The molecule has 0 saturated carbocycles. The number of hydrogen-bond donors (Lipinski definition) is 2. The quantitative estimate of drug-likeness (QED) is 0.770. The van der Waals surface area contributed by atoms with Gasteiger partial charge in [-0.25, -0.2) is 4.79 Å². The molecule has 1 aromatic carbocycles. The number of carbonyl (C=O) groups is 1. The van der Waals surface area contributed by atoms with E-state index >= 15 is 0 Å². The summed E-state index contributed by atoms with van der Waals surface area (Å²) in [7, 11) is 0. The largest absolute Gasteiger partial charge is 0.450 e. The predicted octanol–water partition coefficient (Wildman–Crippen LogP) is 1.36. The van der Waals surface area contributed by atoms with Gasteiger partial charge in [-0.2, -0.15) is 5.26 Å². The Morgan fingerprint density at radius 2 is 2.18 bits per heavy atom. The van der Waals surface area contributed by atoms with Crippen molar-refractivity contribution >= 4 is 6.09 Å². The third kappa shape index (κ3) is 3.78. The van der Waals surface area contributed by atoms with Gasteiger partial charge in [0.1, 0.15) is 0 Å². The van der Waals surface area contributed by atoms with Crippen molar-refractivity contribution in [2.24, 2.45) is 0 Å². The molecule has 1 aromatic rings. The van der Waals surface area contributed by atoms with Crippen LogP contribution in [0.15, 0.2) is 30.3 Å². The first-order valence-corrected chi connectivity index (χ1v) is 5.25. The summed E-state index contributed by atoms with van der Waals surface area (Å²) in [5.41, 5.74) is 0.648. The lowest BCUT2D eigenvalue weighted by atomic mass is 10.0. The number of nitrogens with one attached hydrogen (secondary N) is 1. The van der Waals surface area contributed by atoms with E-state index in [9.17, 15) is 9.90 Å². The van der Waals surface area contributed by atoms with Crippen molar-refractivity contribution in [3.63, 3.8) is 0 Å². The summed E-state index contributed by atoms with van der Waals surface area (Å²) < 4.78 is 4.72. The fourth-order valence-corrected chi connectivity index (χ4v) is 1.38. The van der Waals surface area contributed by atoms with E-state index in [1.807, 2.05) is 6.07 Å². The number of rotatable bonds is 4. The number of alkyl carbamates (subject to hydrolysis) is 1. The van der Waals surface area contributed by atoms with Crippen LogP contribution < -0.4 is 5.32 Å². The van der Waals surface area contributed by atoms with E-state index in [-0.39, 0.29) is 6.61 Å². The first-order valence-electron chi connectivity index (χ1n) is 5.25. The molecule has 0 aliphatic heterocycles. The fourth-order valence-electron chi connectivity index (χ4n) is 1.38. The number of nitriles is 1. The summed E-state index contributed by atoms with van der Waals surface area (Å²) in [4.78, 5) is 11.3. The van der Waals surface area contributed by atoms with E-state index in [0.29, 0.717) is 5.56 Å². The maximum absolute atomic E-state index is 11.3. The van der Waals surface area contributed by atoms with Gasteiger partial charge in [-0.1, -0.05) is 30.3 Å². The minimum absolute atomic E-state index is 0.232. The zero-order valence-electron chi connectivity index (χ0n) is 9.46. The summed E-state index contributed by atoms with van der Waals surface area (Å²) in [6, 6.07) is 9.68. The normalized spacial score (nSPS) is 13.2. The molecule has 17 heavy (non-hydrogen) atoms. The molecule has 0 radical (unpaired) electrons. The first-order chi connectivity index (χ1) is 8.19. The van der Waals surface area contributed by atoms with Crippen LogP contribution in [0.25, 0.3) is 0 Å². The lowest BCUT2D eigenvalue weighted by Gasteiger charge is -2.19. The molecule has 0 fully saturated rings. The zero-order valence-corrected chi connectivity index (χ0v) is 9.46. The topological polar surface area (TPSA) is 82.3 Å². The van der Waals surface area contributed by atoms with E-state index in [1.165, 1.54) is 0 Å². The summed E-state index contributed by atoms with van der Waals surface area (Å²) in [6.45, 7) is 1.91. The highest BCUT2D eigenvalue weighted by molar-refractivity contribution is 5.68. The highest BCUT2D eigenvalue weighted by Crippen LogP contribution is 2.16. The van der Waals surface area contributed by atoms with Crippen LogP contribution in [0.3, 0.4) is 0 Å². The highest BCUT2D eigenvalue weighted by Gasteiger charge is 2.23. The molecule has 1 amide bonds. The summed E-state index contributed by atoms with van der Waals surface area (Å²) in [5.74, 6) is 0. The van der Waals surface area contributed by atoms with Gasteiger partial charge in [0.15, 0.2) is 6.10 Å². The molecule has 1 unspecified atom stereocenters. The second-order valence-corrected chi connectivity index (χ2v) is 3.33. The van der Waals surface area contributed by atoms with E-state index in [4.69, 9.17) is 10.00 Å². The number of carbonyl (C=O) groups excluding carboxylic acids is 1. The lowest BCUT2D eigenvalue weighted by molar-refractivity contribution is 0.129. The Morgan fingerprint density at radius 1 is 1.53 bits per heavy atom. The molecule has 5 nitrogen and oxygen atoms in total. The molecule has 2 atom stereocenters. The monoisotopic (exact) mass is 234 g/mol. The van der Waals surface area contributed by atoms with E-state index in [2.05, 4.69) is 5.32 Å². The SMILES string of the molecule is CCOC(=O)N[C@@H](c1ccccc1)C(O)C#N. The number of amides is 1. The zero-order chi connectivity index (χ0) is 12.7. The third-order valence-electron chi connectivity index (χ3n) is 2.16. The number of ether oxygens (including phenoxy) is 1. The number of aliphatic hydroxyl groups is 1. The summed E-state index contributed by atoms with van der Waals surface area (Å²) in [5, 5.41) is 20.7. The van der Waals surface area contributed by atoms with Gasteiger partial charge < -0.3 is 15.2 Å². The van der Waals surface area contributed by atoms with Gasteiger partial charge in [0.25, 0.3) is 0 Å². The maximum atomic E-state index is 11.3. The van der Waals surface area contributed by atoms with Crippen LogP contribution in [-0.4, -0.2) is 23.9 Å². The van der Waals surface area contributed by atoms with E-state index < -0.39 is 18.2 Å². The Bertz CT molecular complexity index is 400. The Labute approximate surface area is 99.6 Å². The van der Waals surface area contributed by atoms with Gasteiger partial charge in [0, 0.05) is 0 Å². The van der Waals surface area contributed by atoms with Gasteiger partial charge in [-0.15, -0.1) is 0 Å². The van der Waals surface area contributed by atoms with Crippen molar-refractivity contribution in [3.8, 4) is 6.07 Å². The lowest BCUT2D eigenvalue weighted by Crippen LogP contribution is -2.36. The first kappa shape index (κ1) is 13.0. The summed E-state index contributed by atoms with van der Waals surface area (Å²) >= 11 is 0. The van der Waals surface area contributed by atoms with Crippen LogP contribution in [0.5, 0.6) is 0 Å². The molecule has 0 saturated heterocycles. The van der Waals surface area contributed by atoms with Crippen molar-refractivity contribution in [1.29, 1.82) is 5.26 Å². The van der Waals surface area contributed by atoms with Crippen molar-refractivity contribution in [2.75, 3.05) is 6.61 Å². The van der Waals surface area contributed by atoms with Crippen molar-refractivity contribution < 1.29 is 14.6 Å². The predicted molar refractivity (Wildman–Crippen MR) is 61.0 cm³/mol. The molecule has 0 heterocycles.